The molecule has 0 N–H and O–H groups in total. The van der Waals surface area contributed by atoms with Crippen LogP contribution in [0.2, 0.25) is 18.1 Å². The summed E-state index contributed by atoms with van der Waals surface area (Å²) in [6.07, 6.45) is 11.0. The predicted octanol–water partition coefficient (Wildman–Crippen LogP) is 6.12. The highest BCUT2D eigenvalue weighted by Gasteiger charge is 2.76. The van der Waals surface area contributed by atoms with E-state index in [1.165, 1.54) is 38.5 Å². The lowest BCUT2D eigenvalue weighted by molar-refractivity contribution is -0.147. The van der Waals surface area contributed by atoms with Gasteiger partial charge in [-0.25, -0.2) is 0 Å². The molecule has 0 aromatic carbocycles. The summed E-state index contributed by atoms with van der Waals surface area (Å²) in [7, 11) is -1.80. The third kappa shape index (κ3) is 2.64. The lowest BCUT2D eigenvalue weighted by atomic mass is 9.44. The molecule has 1 spiro atoms. The van der Waals surface area contributed by atoms with Gasteiger partial charge in [0.05, 0.1) is 6.10 Å². The molecule has 1 heterocycles. The number of hydrogen-bond donors (Lipinski definition) is 0. The van der Waals surface area contributed by atoms with Crippen molar-refractivity contribution in [3.8, 4) is 0 Å². The number of fused-ring (bicyclic) bond motifs is 4. The molecule has 0 aromatic rings. The summed E-state index contributed by atoms with van der Waals surface area (Å²) >= 11 is 0. The molecular formula is C25H42O3Si. The average molecular weight is 419 g/mol. The minimum Gasteiger partial charge on any atom is -0.416 e. The summed E-state index contributed by atoms with van der Waals surface area (Å²) in [6, 6.07) is 0. The first-order valence-electron chi connectivity index (χ1n) is 12.3. The number of carbonyl (C=O) groups is 1. The second-order valence-electron chi connectivity index (χ2n) is 12.9. The van der Waals surface area contributed by atoms with Gasteiger partial charge in [-0.1, -0.05) is 27.7 Å². The Labute approximate surface area is 178 Å². The molecule has 0 radical (unpaired) electrons. The SMILES string of the molecule is CC(C)(C)[Si](C)(C)OC[C@]12CCC[C@@H]3O[C@@]31CC[C@@H]1[C@@H]2CC[C@]2(C)C(=O)CC[C@@H]12. The Kier molecular flexibility index (Phi) is 4.42. The highest BCUT2D eigenvalue weighted by molar-refractivity contribution is 6.74. The molecule has 5 aliphatic rings. The van der Waals surface area contributed by atoms with E-state index in [4.69, 9.17) is 9.16 Å². The van der Waals surface area contributed by atoms with E-state index in [9.17, 15) is 4.79 Å². The van der Waals surface area contributed by atoms with E-state index in [1.807, 2.05) is 0 Å². The molecule has 5 fully saturated rings. The van der Waals surface area contributed by atoms with E-state index in [2.05, 4.69) is 40.8 Å². The van der Waals surface area contributed by atoms with Gasteiger partial charge in [-0.05, 0) is 87.3 Å². The van der Waals surface area contributed by atoms with Crippen molar-refractivity contribution in [3.05, 3.63) is 0 Å². The average Bonchev–Trinajstić information content (AvgIpc) is 3.29. The zero-order valence-corrected chi connectivity index (χ0v) is 20.6. The van der Waals surface area contributed by atoms with E-state index in [0.29, 0.717) is 29.6 Å². The molecule has 4 heteroatoms. The first-order chi connectivity index (χ1) is 13.5. The smallest absolute Gasteiger partial charge is 0.192 e. The van der Waals surface area contributed by atoms with Crippen molar-refractivity contribution in [1.29, 1.82) is 0 Å². The van der Waals surface area contributed by atoms with Crippen molar-refractivity contribution >= 4 is 14.1 Å². The van der Waals surface area contributed by atoms with Crippen LogP contribution in [0.5, 0.6) is 0 Å². The summed E-state index contributed by atoms with van der Waals surface area (Å²) in [6.45, 7) is 15.1. The predicted molar refractivity (Wildman–Crippen MR) is 118 cm³/mol. The fourth-order valence-electron chi connectivity index (χ4n) is 8.09. The first kappa shape index (κ1) is 20.7. The zero-order chi connectivity index (χ0) is 20.9. The minimum atomic E-state index is -1.80. The van der Waals surface area contributed by atoms with Crippen LogP contribution < -0.4 is 0 Å². The molecule has 4 saturated carbocycles. The Morgan fingerprint density at radius 1 is 1.07 bits per heavy atom. The second-order valence-corrected chi connectivity index (χ2v) is 17.7. The number of hydrogen-bond acceptors (Lipinski definition) is 3. The van der Waals surface area contributed by atoms with E-state index in [0.717, 1.165) is 25.9 Å². The number of ether oxygens (including phenoxy) is 1. The van der Waals surface area contributed by atoms with E-state index >= 15 is 0 Å². The van der Waals surface area contributed by atoms with Gasteiger partial charge in [0.25, 0.3) is 0 Å². The number of carbonyl (C=O) groups excluding carboxylic acids is 1. The van der Waals surface area contributed by atoms with Gasteiger partial charge >= 0.3 is 0 Å². The van der Waals surface area contributed by atoms with Crippen LogP contribution in [0.1, 0.15) is 85.5 Å². The molecule has 5 rings (SSSR count). The lowest BCUT2D eigenvalue weighted by Gasteiger charge is -2.60. The molecule has 0 bridgehead atoms. The van der Waals surface area contributed by atoms with Crippen molar-refractivity contribution in [2.45, 2.75) is 115 Å². The molecule has 7 atom stereocenters. The monoisotopic (exact) mass is 418 g/mol. The van der Waals surface area contributed by atoms with Crippen LogP contribution in [0.15, 0.2) is 0 Å². The molecule has 3 nitrogen and oxygen atoms in total. The highest BCUT2D eigenvalue weighted by atomic mass is 28.4. The molecule has 164 valence electrons. The first-order valence-corrected chi connectivity index (χ1v) is 15.2. The molecule has 0 amide bonds. The maximum absolute atomic E-state index is 12.8. The Morgan fingerprint density at radius 3 is 2.55 bits per heavy atom. The van der Waals surface area contributed by atoms with Crippen molar-refractivity contribution in [2.24, 2.45) is 28.6 Å². The number of Topliss-reactive ketones (excluding diaryl/α,β-unsaturated/α-hetero) is 1. The van der Waals surface area contributed by atoms with Crippen molar-refractivity contribution in [2.75, 3.05) is 6.61 Å². The summed E-state index contributed by atoms with van der Waals surface area (Å²) in [5.41, 5.74) is 0.262. The zero-order valence-electron chi connectivity index (χ0n) is 19.6. The molecule has 0 aromatic heterocycles. The molecular weight excluding hydrogens is 376 g/mol. The summed E-state index contributed by atoms with van der Waals surface area (Å²) in [5, 5.41) is 0.242. The number of epoxide rings is 1. The Bertz CT molecular complexity index is 711. The largest absolute Gasteiger partial charge is 0.416 e. The van der Waals surface area contributed by atoms with Crippen molar-refractivity contribution in [1.82, 2.24) is 0 Å². The van der Waals surface area contributed by atoms with Crippen LogP contribution in [0, 0.1) is 28.6 Å². The van der Waals surface area contributed by atoms with Gasteiger partial charge in [0.1, 0.15) is 11.4 Å². The second kappa shape index (κ2) is 6.19. The number of rotatable bonds is 3. The fraction of sp³-hybridized carbons (Fsp3) is 0.960. The minimum absolute atomic E-state index is 0.0361. The number of ketones is 1. The van der Waals surface area contributed by atoms with Crippen molar-refractivity contribution in [3.63, 3.8) is 0 Å². The third-order valence-corrected chi connectivity index (χ3v) is 15.4. The molecule has 29 heavy (non-hydrogen) atoms. The van der Waals surface area contributed by atoms with Gasteiger partial charge < -0.3 is 9.16 Å². The lowest BCUT2D eigenvalue weighted by Crippen LogP contribution is -2.61. The Hall–Kier alpha value is -0.193. The van der Waals surface area contributed by atoms with Crippen LogP contribution in [0.4, 0.5) is 0 Å². The van der Waals surface area contributed by atoms with Crippen LogP contribution in [-0.2, 0) is 14.0 Å². The maximum Gasteiger partial charge on any atom is 0.192 e. The van der Waals surface area contributed by atoms with Crippen LogP contribution in [0.25, 0.3) is 0 Å². The van der Waals surface area contributed by atoms with Crippen LogP contribution in [-0.4, -0.2) is 32.4 Å². The van der Waals surface area contributed by atoms with Gasteiger partial charge in [0, 0.05) is 23.9 Å². The standard InChI is InChI=1S/C25H42O3Si/c1-22(2,3)29(5,6)27-16-24-13-7-8-21-25(24,28-21)15-11-17-18-9-10-20(26)23(18,4)14-12-19(17)24/h17-19,21H,7-16H2,1-6H3/t17-,18-,19-,21-,23-,24-,25-/m0/s1. The Morgan fingerprint density at radius 2 is 1.83 bits per heavy atom. The van der Waals surface area contributed by atoms with Crippen molar-refractivity contribution < 1.29 is 14.0 Å². The Balaban J connectivity index is 1.48. The van der Waals surface area contributed by atoms with E-state index in [1.54, 1.807) is 0 Å². The third-order valence-electron chi connectivity index (χ3n) is 10.9. The van der Waals surface area contributed by atoms with Crippen LogP contribution in [0.3, 0.4) is 0 Å². The summed E-state index contributed by atoms with van der Waals surface area (Å²) < 4.78 is 13.6. The van der Waals surface area contributed by atoms with Gasteiger partial charge in [0.15, 0.2) is 8.32 Å². The molecule has 0 unspecified atom stereocenters. The fourth-order valence-corrected chi connectivity index (χ4v) is 9.14. The molecule has 1 saturated heterocycles. The summed E-state index contributed by atoms with van der Waals surface area (Å²) in [4.78, 5) is 12.8. The normalized spacial score (nSPS) is 49.1. The molecule has 4 aliphatic carbocycles. The maximum atomic E-state index is 12.8. The summed E-state index contributed by atoms with van der Waals surface area (Å²) in [5.74, 6) is 2.55. The highest BCUT2D eigenvalue weighted by Crippen LogP contribution is 2.72. The molecule has 1 aliphatic heterocycles. The van der Waals surface area contributed by atoms with Gasteiger partial charge in [0.2, 0.25) is 0 Å². The van der Waals surface area contributed by atoms with Gasteiger partial charge in [-0.2, -0.15) is 0 Å². The van der Waals surface area contributed by atoms with Gasteiger partial charge in [-0.3, -0.25) is 4.79 Å². The van der Waals surface area contributed by atoms with E-state index < -0.39 is 8.32 Å². The van der Waals surface area contributed by atoms with Gasteiger partial charge in [-0.15, -0.1) is 0 Å². The quantitative estimate of drug-likeness (QED) is 0.409. The topological polar surface area (TPSA) is 38.8 Å². The van der Waals surface area contributed by atoms with E-state index in [-0.39, 0.29) is 21.5 Å². The van der Waals surface area contributed by atoms with Crippen LogP contribution >= 0.6 is 0 Å².